The standard InChI is InChI=1S/C20H22N2O6S2/c1-13(23)22-10-8-15-16(12-22)29-19(18(15)20(25)28-2)21-17(24)9-11-30(26,27)14-6-4-3-5-7-14/h3-7H,8-12H2,1-2H3,(H,21,24). The Morgan fingerprint density at radius 1 is 1.20 bits per heavy atom. The lowest BCUT2D eigenvalue weighted by molar-refractivity contribution is -0.129. The molecule has 3 rings (SSSR count). The van der Waals surface area contributed by atoms with Crippen LogP contribution >= 0.6 is 11.3 Å². The molecule has 1 aromatic carbocycles. The van der Waals surface area contributed by atoms with Crippen LogP contribution in [0.1, 0.15) is 34.1 Å². The van der Waals surface area contributed by atoms with Crippen molar-refractivity contribution in [3.8, 4) is 0 Å². The van der Waals surface area contributed by atoms with Gasteiger partial charge < -0.3 is 15.0 Å². The van der Waals surface area contributed by atoms with Crippen molar-refractivity contribution in [2.45, 2.75) is 31.2 Å². The first kappa shape index (κ1) is 22.0. The van der Waals surface area contributed by atoms with E-state index in [2.05, 4.69) is 5.32 Å². The molecule has 1 aliphatic heterocycles. The highest BCUT2D eigenvalue weighted by Gasteiger charge is 2.30. The molecule has 0 aliphatic carbocycles. The first-order chi connectivity index (χ1) is 14.2. The molecule has 10 heteroatoms. The Kier molecular flexibility index (Phi) is 6.57. The summed E-state index contributed by atoms with van der Waals surface area (Å²) in [5.41, 5.74) is 1.04. The molecule has 2 amide bonds. The Morgan fingerprint density at radius 3 is 2.53 bits per heavy atom. The number of benzene rings is 1. The normalized spacial score (nSPS) is 13.5. The molecule has 0 unspecified atom stereocenters. The van der Waals surface area contributed by atoms with Gasteiger partial charge in [0.15, 0.2) is 9.84 Å². The summed E-state index contributed by atoms with van der Waals surface area (Å²) in [6, 6.07) is 7.92. The van der Waals surface area contributed by atoms with Crippen molar-refractivity contribution in [1.29, 1.82) is 0 Å². The third-order valence-electron chi connectivity index (χ3n) is 4.84. The number of rotatable bonds is 6. The minimum Gasteiger partial charge on any atom is -0.465 e. The van der Waals surface area contributed by atoms with Gasteiger partial charge in [0.2, 0.25) is 11.8 Å². The number of sulfone groups is 1. The Labute approximate surface area is 178 Å². The molecule has 2 heterocycles. The fourth-order valence-electron chi connectivity index (χ4n) is 3.24. The molecule has 0 bridgehead atoms. The highest BCUT2D eigenvalue weighted by atomic mass is 32.2. The average Bonchev–Trinajstić information content (AvgIpc) is 3.09. The van der Waals surface area contributed by atoms with Crippen LogP contribution in [-0.4, -0.2) is 50.5 Å². The zero-order valence-corrected chi connectivity index (χ0v) is 18.3. The molecular weight excluding hydrogens is 428 g/mol. The number of thiophene rings is 1. The minimum absolute atomic E-state index is 0.0645. The summed E-state index contributed by atoms with van der Waals surface area (Å²) in [5.74, 6) is -1.50. The third kappa shape index (κ3) is 4.71. The van der Waals surface area contributed by atoms with Crippen LogP contribution in [0.5, 0.6) is 0 Å². The Morgan fingerprint density at radius 2 is 1.90 bits per heavy atom. The number of esters is 1. The maximum absolute atomic E-state index is 12.5. The zero-order chi connectivity index (χ0) is 21.9. The Bertz CT molecular complexity index is 1080. The Hall–Kier alpha value is -2.72. The lowest BCUT2D eigenvalue weighted by atomic mass is 10.0. The monoisotopic (exact) mass is 450 g/mol. The van der Waals surface area contributed by atoms with E-state index >= 15 is 0 Å². The van der Waals surface area contributed by atoms with Crippen molar-refractivity contribution in [2.24, 2.45) is 0 Å². The molecule has 160 valence electrons. The fraction of sp³-hybridized carbons (Fsp3) is 0.350. The minimum atomic E-state index is -3.59. The van der Waals surface area contributed by atoms with E-state index in [4.69, 9.17) is 4.74 Å². The second-order valence-corrected chi connectivity index (χ2v) is 10.0. The lowest BCUT2D eigenvalue weighted by Gasteiger charge is -2.25. The molecule has 30 heavy (non-hydrogen) atoms. The number of nitrogens with zero attached hydrogens (tertiary/aromatic N) is 1. The maximum atomic E-state index is 12.5. The van der Waals surface area contributed by atoms with Crippen LogP contribution in [0.15, 0.2) is 35.2 Å². The van der Waals surface area contributed by atoms with E-state index in [1.165, 1.54) is 37.5 Å². The second-order valence-electron chi connectivity index (χ2n) is 6.82. The predicted molar refractivity (Wildman–Crippen MR) is 112 cm³/mol. The van der Waals surface area contributed by atoms with Gasteiger partial charge in [-0.15, -0.1) is 11.3 Å². The van der Waals surface area contributed by atoms with Crippen LogP contribution in [0.3, 0.4) is 0 Å². The molecule has 8 nitrogen and oxygen atoms in total. The van der Waals surface area contributed by atoms with Crippen LogP contribution < -0.4 is 5.32 Å². The molecule has 0 atom stereocenters. The van der Waals surface area contributed by atoms with Gasteiger partial charge in [0, 0.05) is 24.8 Å². The van der Waals surface area contributed by atoms with Gasteiger partial charge in [0.25, 0.3) is 0 Å². The topological polar surface area (TPSA) is 110 Å². The van der Waals surface area contributed by atoms with E-state index in [-0.39, 0.29) is 28.5 Å². The van der Waals surface area contributed by atoms with Gasteiger partial charge in [-0.3, -0.25) is 9.59 Å². The molecular formula is C20H22N2O6S2. The number of amides is 2. The summed E-state index contributed by atoms with van der Waals surface area (Å²) < 4.78 is 29.6. The van der Waals surface area contributed by atoms with Crippen molar-refractivity contribution >= 4 is 44.0 Å². The van der Waals surface area contributed by atoms with Gasteiger partial charge >= 0.3 is 5.97 Å². The first-order valence-electron chi connectivity index (χ1n) is 9.29. The van der Waals surface area contributed by atoms with Crippen LogP contribution in [0.4, 0.5) is 5.00 Å². The number of methoxy groups -OCH3 is 1. The van der Waals surface area contributed by atoms with E-state index < -0.39 is 21.7 Å². The molecule has 1 aliphatic rings. The van der Waals surface area contributed by atoms with Crippen molar-refractivity contribution in [3.63, 3.8) is 0 Å². The molecule has 0 spiro atoms. The van der Waals surface area contributed by atoms with Gasteiger partial charge in [-0.25, -0.2) is 13.2 Å². The molecule has 2 aromatic rings. The smallest absolute Gasteiger partial charge is 0.341 e. The van der Waals surface area contributed by atoms with Crippen molar-refractivity contribution in [3.05, 3.63) is 46.3 Å². The maximum Gasteiger partial charge on any atom is 0.341 e. The predicted octanol–water partition coefficient (Wildman–Crippen LogP) is 2.24. The number of nitrogens with one attached hydrogen (secondary N) is 1. The highest BCUT2D eigenvalue weighted by molar-refractivity contribution is 7.91. The Balaban J connectivity index is 1.76. The van der Waals surface area contributed by atoms with E-state index in [1.54, 1.807) is 23.1 Å². The molecule has 0 fully saturated rings. The quantitative estimate of drug-likeness (QED) is 0.676. The summed E-state index contributed by atoms with van der Waals surface area (Å²) in [5, 5.41) is 2.98. The van der Waals surface area contributed by atoms with Crippen molar-refractivity contribution in [2.75, 3.05) is 24.7 Å². The lowest BCUT2D eigenvalue weighted by Crippen LogP contribution is -2.33. The van der Waals surface area contributed by atoms with Crippen molar-refractivity contribution < 1.29 is 27.5 Å². The summed E-state index contributed by atoms with van der Waals surface area (Å²) in [6.07, 6.45) is 0.230. The molecule has 1 aromatic heterocycles. The first-order valence-corrected chi connectivity index (χ1v) is 11.8. The van der Waals surface area contributed by atoms with E-state index in [0.29, 0.717) is 24.5 Å². The van der Waals surface area contributed by atoms with Gasteiger partial charge in [-0.1, -0.05) is 18.2 Å². The van der Waals surface area contributed by atoms with Crippen LogP contribution in [-0.2, 0) is 37.1 Å². The summed E-state index contributed by atoms with van der Waals surface area (Å²) in [4.78, 5) is 39.1. The molecule has 0 saturated heterocycles. The third-order valence-corrected chi connectivity index (χ3v) is 7.71. The van der Waals surface area contributed by atoms with Gasteiger partial charge in [-0.05, 0) is 24.1 Å². The fourth-order valence-corrected chi connectivity index (χ4v) is 5.77. The average molecular weight is 451 g/mol. The number of carbonyl (C=O) groups excluding carboxylic acids is 3. The summed E-state index contributed by atoms with van der Waals surface area (Å²) in [6.45, 7) is 2.32. The summed E-state index contributed by atoms with van der Waals surface area (Å²) >= 11 is 1.21. The molecule has 1 N–H and O–H groups in total. The van der Waals surface area contributed by atoms with Crippen LogP contribution in [0.2, 0.25) is 0 Å². The van der Waals surface area contributed by atoms with Crippen LogP contribution in [0, 0.1) is 0 Å². The van der Waals surface area contributed by atoms with E-state index in [9.17, 15) is 22.8 Å². The summed E-state index contributed by atoms with van der Waals surface area (Å²) in [7, 11) is -2.33. The van der Waals surface area contributed by atoms with Gasteiger partial charge in [-0.2, -0.15) is 0 Å². The molecule has 0 radical (unpaired) electrons. The molecule has 0 saturated carbocycles. The number of hydrogen-bond donors (Lipinski definition) is 1. The van der Waals surface area contributed by atoms with Gasteiger partial charge in [0.05, 0.1) is 29.9 Å². The number of hydrogen-bond acceptors (Lipinski definition) is 7. The number of ether oxygens (including phenoxy) is 1. The highest BCUT2D eigenvalue weighted by Crippen LogP contribution is 2.37. The zero-order valence-electron chi connectivity index (χ0n) is 16.6. The van der Waals surface area contributed by atoms with Crippen molar-refractivity contribution in [1.82, 2.24) is 4.90 Å². The van der Waals surface area contributed by atoms with E-state index in [1.807, 2.05) is 0 Å². The number of carbonyl (C=O) groups is 3. The van der Waals surface area contributed by atoms with E-state index in [0.717, 1.165) is 10.4 Å². The SMILES string of the molecule is COC(=O)c1c(NC(=O)CCS(=O)(=O)c2ccccc2)sc2c1CCN(C(C)=O)C2. The van der Waals surface area contributed by atoms with Gasteiger partial charge in [0.1, 0.15) is 5.00 Å². The number of anilines is 1. The van der Waals surface area contributed by atoms with Crippen LogP contribution in [0.25, 0.3) is 0 Å². The second kappa shape index (κ2) is 8.97. The largest absolute Gasteiger partial charge is 0.465 e. The number of fused-ring (bicyclic) bond motifs is 1.